The third-order valence-electron chi connectivity index (χ3n) is 4.37. The summed E-state index contributed by atoms with van der Waals surface area (Å²) in [5, 5.41) is 4.03. The minimum atomic E-state index is 0.385. The molecule has 21 heavy (non-hydrogen) atoms. The summed E-state index contributed by atoms with van der Waals surface area (Å²) in [6, 6.07) is 11.5. The van der Waals surface area contributed by atoms with Gasteiger partial charge in [0.05, 0.1) is 11.7 Å². The smallest absolute Gasteiger partial charge is 0.154 e. The number of hydrogen-bond donors (Lipinski definition) is 0. The average Bonchev–Trinajstić information content (AvgIpc) is 3.08. The Balaban J connectivity index is 1.71. The van der Waals surface area contributed by atoms with E-state index in [1.807, 2.05) is 6.92 Å². The average molecular weight is 284 g/mol. The van der Waals surface area contributed by atoms with Gasteiger partial charge in [0.1, 0.15) is 0 Å². The van der Waals surface area contributed by atoms with Crippen LogP contribution < -0.4 is 0 Å². The molecule has 1 aliphatic rings. The lowest BCUT2D eigenvalue weighted by Crippen LogP contribution is -2.22. The van der Waals surface area contributed by atoms with Gasteiger partial charge in [-0.3, -0.25) is 4.90 Å². The van der Waals surface area contributed by atoms with Crippen molar-refractivity contribution in [2.75, 3.05) is 6.54 Å². The molecule has 1 fully saturated rings. The van der Waals surface area contributed by atoms with E-state index in [-0.39, 0.29) is 0 Å². The Hall–Kier alpha value is -1.61. The third-order valence-corrected chi connectivity index (χ3v) is 4.37. The molecule has 3 nitrogen and oxygen atoms in total. The topological polar surface area (TPSA) is 29.3 Å². The van der Waals surface area contributed by atoms with Crippen molar-refractivity contribution < 1.29 is 4.52 Å². The molecule has 1 aromatic carbocycles. The first-order chi connectivity index (χ1) is 10.1. The van der Waals surface area contributed by atoms with E-state index in [0.29, 0.717) is 12.0 Å². The lowest BCUT2D eigenvalue weighted by Gasteiger charge is -2.22. The van der Waals surface area contributed by atoms with Crippen molar-refractivity contribution in [3.63, 3.8) is 0 Å². The molecule has 0 amide bonds. The number of hydrogen-bond acceptors (Lipinski definition) is 3. The van der Waals surface area contributed by atoms with Crippen molar-refractivity contribution in [3.8, 4) is 0 Å². The second kappa shape index (κ2) is 6.02. The quantitative estimate of drug-likeness (QED) is 0.831. The monoisotopic (exact) mass is 284 g/mol. The van der Waals surface area contributed by atoms with Gasteiger partial charge < -0.3 is 4.52 Å². The summed E-state index contributed by atoms with van der Waals surface area (Å²) in [6.07, 6.45) is 2.40. The summed E-state index contributed by atoms with van der Waals surface area (Å²) < 4.78 is 5.48. The highest BCUT2D eigenvalue weighted by molar-refractivity contribution is 5.25. The number of rotatable bonds is 4. The van der Waals surface area contributed by atoms with Crippen LogP contribution >= 0.6 is 0 Å². The van der Waals surface area contributed by atoms with Crippen LogP contribution in [0.4, 0.5) is 0 Å². The molecule has 0 unspecified atom stereocenters. The molecular weight excluding hydrogens is 260 g/mol. The minimum Gasteiger partial charge on any atom is -0.359 e. The summed E-state index contributed by atoms with van der Waals surface area (Å²) in [4.78, 5) is 2.50. The Morgan fingerprint density at radius 1 is 1.29 bits per heavy atom. The number of aromatic nitrogens is 1. The summed E-state index contributed by atoms with van der Waals surface area (Å²) in [6.45, 7) is 8.57. The van der Waals surface area contributed by atoms with E-state index in [1.165, 1.54) is 24.0 Å². The zero-order valence-electron chi connectivity index (χ0n) is 13.2. The van der Waals surface area contributed by atoms with Crippen LogP contribution in [-0.4, -0.2) is 16.6 Å². The fraction of sp³-hybridized carbons (Fsp3) is 0.500. The largest absolute Gasteiger partial charge is 0.359 e. The molecular formula is C18H24N2O. The second-order valence-electron chi connectivity index (χ2n) is 6.40. The van der Waals surface area contributed by atoms with Crippen LogP contribution in [0.25, 0.3) is 0 Å². The highest BCUT2D eigenvalue weighted by Crippen LogP contribution is 2.33. The first-order valence-corrected chi connectivity index (χ1v) is 7.89. The van der Waals surface area contributed by atoms with Crippen molar-refractivity contribution in [2.24, 2.45) is 0 Å². The third kappa shape index (κ3) is 3.18. The highest BCUT2D eigenvalue weighted by atomic mass is 16.5. The number of aryl methyl sites for hydroxylation is 1. The number of nitrogens with zero attached hydrogens (tertiary/aromatic N) is 2. The van der Waals surface area contributed by atoms with Gasteiger partial charge in [0.2, 0.25) is 0 Å². The van der Waals surface area contributed by atoms with E-state index in [4.69, 9.17) is 4.52 Å². The van der Waals surface area contributed by atoms with Crippen molar-refractivity contribution in [1.29, 1.82) is 0 Å². The standard InChI is InChI=1S/C18H24N2O/c1-13(2)16-8-6-15(7-9-16)12-20-10-4-5-17(20)18-11-14(3)19-21-18/h6-9,11,13,17H,4-5,10,12H2,1-3H3/t17-/m0/s1. The fourth-order valence-electron chi connectivity index (χ4n) is 3.12. The van der Waals surface area contributed by atoms with Crippen molar-refractivity contribution in [2.45, 2.75) is 52.1 Å². The maximum Gasteiger partial charge on any atom is 0.154 e. The zero-order valence-corrected chi connectivity index (χ0v) is 13.2. The van der Waals surface area contributed by atoms with Gasteiger partial charge in [-0.2, -0.15) is 0 Å². The van der Waals surface area contributed by atoms with Gasteiger partial charge in [0, 0.05) is 12.6 Å². The Bertz CT molecular complexity index is 586. The first kappa shape index (κ1) is 14.3. The number of benzene rings is 1. The van der Waals surface area contributed by atoms with Crippen LogP contribution in [-0.2, 0) is 6.54 Å². The molecule has 1 aromatic heterocycles. The Morgan fingerprint density at radius 3 is 2.67 bits per heavy atom. The Morgan fingerprint density at radius 2 is 2.05 bits per heavy atom. The van der Waals surface area contributed by atoms with Crippen molar-refractivity contribution in [3.05, 3.63) is 52.9 Å². The van der Waals surface area contributed by atoms with Crippen LogP contribution in [0.2, 0.25) is 0 Å². The lowest BCUT2D eigenvalue weighted by atomic mass is 10.0. The van der Waals surface area contributed by atoms with Gasteiger partial charge in [-0.1, -0.05) is 43.3 Å². The van der Waals surface area contributed by atoms with Crippen molar-refractivity contribution >= 4 is 0 Å². The molecule has 0 aliphatic carbocycles. The lowest BCUT2D eigenvalue weighted by molar-refractivity contribution is 0.206. The van der Waals surface area contributed by atoms with E-state index in [0.717, 1.165) is 24.5 Å². The molecule has 3 rings (SSSR count). The van der Waals surface area contributed by atoms with E-state index in [9.17, 15) is 0 Å². The molecule has 1 saturated heterocycles. The van der Waals surface area contributed by atoms with Gasteiger partial charge in [-0.05, 0) is 43.4 Å². The van der Waals surface area contributed by atoms with Gasteiger partial charge >= 0.3 is 0 Å². The SMILES string of the molecule is Cc1cc([C@@H]2CCCN2Cc2ccc(C(C)C)cc2)on1. The molecule has 2 aromatic rings. The summed E-state index contributed by atoms with van der Waals surface area (Å²) in [7, 11) is 0. The van der Waals surface area contributed by atoms with Crippen molar-refractivity contribution in [1.82, 2.24) is 10.1 Å². The molecule has 0 bridgehead atoms. The fourth-order valence-corrected chi connectivity index (χ4v) is 3.12. The van der Waals surface area contributed by atoms with E-state index < -0.39 is 0 Å². The van der Waals surface area contributed by atoms with E-state index in [2.05, 4.69) is 54.2 Å². The van der Waals surface area contributed by atoms with Crippen LogP contribution in [0.5, 0.6) is 0 Å². The highest BCUT2D eigenvalue weighted by Gasteiger charge is 2.28. The second-order valence-corrected chi connectivity index (χ2v) is 6.40. The van der Waals surface area contributed by atoms with Crippen LogP contribution in [0.15, 0.2) is 34.9 Å². The van der Waals surface area contributed by atoms with Gasteiger partial charge in [-0.25, -0.2) is 0 Å². The molecule has 0 N–H and O–H groups in total. The molecule has 1 aliphatic heterocycles. The Labute approximate surface area is 126 Å². The normalized spacial score (nSPS) is 19.5. The summed E-state index contributed by atoms with van der Waals surface area (Å²) in [5.74, 6) is 1.61. The molecule has 0 radical (unpaired) electrons. The maximum atomic E-state index is 5.48. The first-order valence-electron chi connectivity index (χ1n) is 7.89. The van der Waals surface area contributed by atoms with Crippen LogP contribution in [0, 0.1) is 6.92 Å². The molecule has 0 saturated carbocycles. The molecule has 112 valence electrons. The van der Waals surface area contributed by atoms with Gasteiger partial charge in [0.15, 0.2) is 5.76 Å². The predicted octanol–water partition coefficient (Wildman–Crippen LogP) is 4.44. The number of likely N-dealkylation sites (tertiary alicyclic amines) is 1. The van der Waals surface area contributed by atoms with E-state index >= 15 is 0 Å². The summed E-state index contributed by atoms with van der Waals surface area (Å²) in [5.41, 5.74) is 3.75. The molecule has 2 heterocycles. The molecule has 3 heteroatoms. The van der Waals surface area contributed by atoms with Gasteiger partial charge in [-0.15, -0.1) is 0 Å². The molecule has 1 atom stereocenters. The van der Waals surface area contributed by atoms with E-state index in [1.54, 1.807) is 0 Å². The minimum absolute atomic E-state index is 0.385. The Kier molecular flexibility index (Phi) is 4.11. The zero-order chi connectivity index (χ0) is 14.8. The predicted molar refractivity (Wildman–Crippen MR) is 84.2 cm³/mol. The molecule has 0 spiro atoms. The maximum absolute atomic E-state index is 5.48. The van der Waals surface area contributed by atoms with Crippen LogP contribution in [0.1, 0.15) is 61.2 Å². The van der Waals surface area contributed by atoms with Gasteiger partial charge in [0.25, 0.3) is 0 Å². The summed E-state index contributed by atoms with van der Waals surface area (Å²) >= 11 is 0. The van der Waals surface area contributed by atoms with Crippen LogP contribution in [0.3, 0.4) is 0 Å².